The lowest BCUT2D eigenvalue weighted by atomic mass is 10.2. The van der Waals surface area contributed by atoms with Gasteiger partial charge in [-0.25, -0.2) is 4.98 Å². The summed E-state index contributed by atoms with van der Waals surface area (Å²) in [6.07, 6.45) is -3.55. The number of hydrogen-bond acceptors (Lipinski definition) is 5. The maximum Gasteiger partial charge on any atom is 0.417 e. The number of nitrogens with one attached hydrogen (secondary N) is 2. The van der Waals surface area contributed by atoms with Crippen LogP contribution in [0.15, 0.2) is 23.3 Å². The van der Waals surface area contributed by atoms with Crippen molar-refractivity contribution in [2.75, 3.05) is 53.0 Å². The lowest BCUT2D eigenvalue weighted by molar-refractivity contribution is -0.137. The lowest BCUT2D eigenvalue weighted by Crippen LogP contribution is -2.50. The van der Waals surface area contributed by atoms with Crippen LogP contribution >= 0.6 is 24.0 Å². The molecule has 1 fully saturated rings. The van der Waals surface area contributed by atoms with E-state index >= 15 is 0 Å². The highest BCUT2D eigenvalue weighted by Crippen LogP contribution is 2.29. The van der Waals surface area contributed by atoms with Crippen molar-refractivity contribution in [3.8, 4) is 5.88 Å². The minimum Gasteiger partial charge on any atom is -0.476 e. The van der Waals surface area contributed by atoms with Gasteiger partial charge < -0.3 is 20.1 Å². The normalized spacial score (nSPS) is 18.1. The molecule has 0 spiro atoms. The molecule has 1 aromatic heterocycles. The molecule has 1 unspecified atom stereocenters. The second kappa shape index (κ2) is 13.2. The molecule has 2 N–H and O–H groups in total. The topological polar surface area (TPSA) is 71.0 Å². The predicted octanol–water partition coefficient (Wildman–Crippen LogP) is 2.62. The molecule has 0 amide bonds. The van der Waals surface area contributed by atoms with Gasteiger partial charge in [-0.05, 0) is 12.0 Å². The zero-order chi connectivity index (χ0) is 21.3. The number of pyridine rings is 1. The smallest absolute Gasteiger partial charge is 0.417 e. The Labute approximate surface area is 192 Å². The van der Waals surface area contributed by atoms with Crippen LogP contribution in [-0.2, 0) is 10.9 Å². The van der Waals surface area contributed by atoms with Crippen LogP contribution in [0.4, 0.5) is 13.2 Å². The van der Waals surface area contributed by atoms with Gasteiger partial charge in [0.25, 0.3) is 0 Å². The van der Waals surface area contributed by atoms with Crippen LogP contribution < -0.4 is 15.4 Å². The first-order valence-electron chi connectivity index (χ1n) is 9.72. The predicted molar refractivity (Wildman–Crippen MR) is 121 cm³/mol. The number of rotatable bonds is 8. The van der Waals surface area contributed by atoms with E-state index in [4.69, 9.17) is 9.47 Å². The summed E-state index contributed by atoms with van der Waals surface area (Å²) in [6, 6.07) is 2.15. The Balaban J connectivity index is 0.00000450. The van der Waals surface area contributed by atoms with Crippen LogP contribution in [0, 0.1) is 5.92 Å². The average Bonchev–Trinajstić information content (AvgIpc) is 2.67. The van der Waals surface area contributed by atoms with E-state index < -0.39 is 11.7 Å². The summed E-state index contributed by atoms with van der Waals surface area (Å²) in [5.74, 6) is 1.37. The second-order valence-electron chi connectivity index (χ2n) is 7.26. The molecule has 0 bridgehead atoms. The number of guanidine groups is 1. The fraction of sp³-hybridized carbons (Fsp3) is 0.684. The number of ether oxygens (including phenoxy) is 2. The fourth-order valence-electron chi connectivity index (χ4n) is 2.98. The van der Waals surface area contributed by atoms with E-state index in [1.165, 1.54) is 6.07 Å². The number of morpholine rings is 1. The van der Waals surface area contributed by atoms with E-state index in [0.717, 1.165) is 38.5 Å². The molecule has 7 nitrogen and oxygen atoms in total. The lowest BCUT2D eigenvalue weighted by Gasteiger charge is -2.34. The molecule has 0 aliphatic carbocycles. The van der Waals surface area contributed by atoms with Gasteiger partial charge in [-0.15, -0.1) is 24.0 Å². The molecule has 0 radical (unpaired) electrons. The van der Waals surface area contributed by atoms with Crippen molar-refractivity contribution in [2.45, 2.75) is 26.1 Å². The summed E-state index contributed by atoms with van der Waals surface area (Å²) in [7, 11) is 1.67. The van der Waals surface area contributed by atoms with Crippen molar-refractivity contribution in [3.05, 3.63) is 23.9 Å². The molecule has 0 aromatic carbocycles. The van der Waals surface area contributed by atoms with Crippen molar-refractivity contribution in [2.24, 2.45) is 10.9 Å². The minimum atomic E-state index is -4.40. The summed E-state index contributed by atoms with van der Waals surface area (Å²) in [5, 5.41) is 6.32. The van der Waals surface area contributed by atoms with Crippen molar-refractivity contribution in [1.29, 1.82) is 0 Å². The van der Waals surface area contributed by atoms with Crippen LogP contribution in [0.1, 0.15) is 19.4 Å². The first kappa shape index (κ1) is 26.7. The molecule has 1 aliphatic rings. The number of nitrogens with zero attached hydrogens (tertiary/aromatic N) is 3. The molecular formula is C19H31F3IN5O2. The van der Waals surface area contributed by atoms with Crippen molar-refractivity contribution >= 4 is 29.9 Å². The third kappa shape index (κ3) is 9.65. The van der Waals surface area contributed by atoms with Gasteiger partial charge in [0, 0.05) is 45.5 Å². The summed E-state index contributed by atoms with van der Waals surface area (Å²) < 4.78 is 48.7. The van der Waals surface area contributed by atoms with Crippen LogP contribution in [-0.4, -0.2) is 74.9 Å². The first-order valence-corrected chi connectivity index (χ1v) is 9.72. The quantitative estimate of drug-likeness (QED) is 0.227. The zero-order valence-electron chi connectivity index (χ0n) is 17.5. The van der Waals surface area contributed by atoms with Crippen molar-refractivity contribution < 1.29 is 22.6 Å². The van der Waals surface area contributed by atoms with Crippen LogP contribution in [0.2, 0.25) is 0 Å². The Morgan fingerprint density at radius 1 is 1.37 bits per heavy atom. The molecule has 0 saturated carbocycles. The highest BCUT2D eigenvalue weighted by atomic mass is 127. The molecule has 172 valence electrons. The summed E-state index contributed by atoms with van der Waals surface area (Å²) in [5.41, 5.74) is -0.801. The van der Waals surface area contributed by atoms with Crippen LogP contribution in [0.3, 0.4) is 0 Å². The van der Waals surface area contributed by atoms with Crippen LogP contribution in [0.25, 0.3) is 0 Å². The number of alkyl halides is 3. The van der Waals surface area contributed by atoms with Crippen molar-refractivity contribution in [3.63, 3.8) is 0 Å². The van der Waals surface area contributed by atoms with Gasteiger partial charge in [-0.1, -0.05) is 13.8 Å². The molecule has 2 heterocycles. The fourth-order valence-corrected chi connectivity index (χ4v) is 2.98. The van der Waals surface area contributed by atoms with Crippen molar-refractivity contribution in [1.82, 2.24) is 20.5 Å². The van der Waals surface area contributed by atoms with Gasteiger partial charge in [-0.3, -0.25) is 9.89 Å². The Bertz CT molecular complexity index is 644. The maximum atomic E-state index is 12.5. The highest BCUT2D eigenvalue weighted by Gasteiger charge is 2.30. The molecular weight excluding hydrogens is 514 g/mol. The van der Waals surface area contributed by atoms with Gasteiger partial charge in [-0.2, -0.15) is 13.2 Å². The Morgan fingerprint density at radius 2 is 2.13 bits per heavy atom. The van der Waals surface area contributed by atoms with E-state index in [0.29, 0.717) is 25.0 Å². The summed E-state index contributed by atoms with van der Waals surface area (Å²) in [6.45, 7) is 9.32. The molecule has 1 aliphatic heterocycles. The maximum absolute atomic E-state index is 12.5. The standard InChI is InChI=1S/C19H30F3N5O2.HI/c1-14(2)12-27-7-9-28-16(13-27)11-26-18(23-3)24-6-8-29-17-5-4-15(10-25-17)19(20,21)22;/h4-5,10,14,16H,6-9,11-13H2,1-3H3,(H2,23,24,26);1H. The monoisotopic (exact) mass is 545 g/mol. The molecule has 1 saturated heterocycles. The molecule has 30 heavy (non-hydrogen) atoms. The minimum absolute atomic E-state index is 0. The van der Waals surface area contributed by atoms with Gasteiger partial charge >= 0.3 is 6.18 Å². The Morgan fingerprint density at radius 3 is 2.73 bits per heavy atom. The third-order valence-corrected chi connectivity index (χ3v) is 4.28. The van der Waals surface area contributed by atoms with E-state index in [9.17, 15) is 13.2 Å². The number of halogens is 4. The molecule has 1 atom stereocenters. The van der Waals surface area contributed by atoms with Gasteiger partial charge in [0.05, 0.1) is 24.8 Å². The first-order chi connectivity index (χ1) is 13.8. The van der Waals surface area contributed by atoms with E-state index in [1.54, 1.807) is 7.05 Å². The Hall–Kier alpha value is -1.34. The second-order valence-corrected chi connectivity index (χ2v) is 7.26. The molecule has 11 heteroatoms. The van der Waals surface area contributed by atoms with E-state index in [1.807, 2.05) is 0 Å². The largest absolute Gasteiger partial charge is 0.476 e. The van der Waals surface area contributed by atoms with Gasteiger partial charge in [0.1, 0.15) is 6.61 Å². The number of aliphatic imine (C=N–C) groups is 1. The van der Waals surface area contributed by atoms with Gasteiger partial charge in [0.2, 0.25) is 5.88 Å². The summed E-state index contributed by atoms with van der Waals surface area (Å²) >= 11 is 0. The zero-order valence-corrected chi connectivity index (χ0v) is 19.9. The summed E-state index contributed by atoms with van der Waals surface area (Å²) in [4.78, 5) is 10.2. The number of hydrogen-bond donors (Lipinski definition) is 2. The van der Waals surface area contributed by atoms with Crippen LogP contribution in [0.5, 0.6) is 5.88 Å². The average molecular weight is 545 g/mol. The molecule has 2 rings (SSSR count). The number of aromatic nitrogens is 1. The molecule has 1 aromatic rings. The third-order valence-electron chi connectivity index (χ3n) is 4.28. The van der Waals surface area contributed by atoms with E-state index in [2.05, 4.69) is 39.4 Å². The SMILES string of the molecule is CN=C(NCCOc1ccc(C(F)(F)F)cn1)NCC1CN(CC(C)C)CCO1.I. The Kier molecular flexibility index (Phi) is 11.7. The van der Waals surface area contributed by atoms with E-state index in [-0.39, 0.29) is 42.6 Å². The highest BCUT2D eigenvalue weighted by molar-refractivity contribution is 14.0. The van der Waals surface area contributed by atoms with Gasteiger partial charge in [0.15, 0.2) is 5.96 Å².